The molecule has 6 heteroatoms. The Bertz CT molecular complexity index is 1140. The molecule has 2 heterocycles. The van der Waals surface area contributed by atoms with Crippen molar-refractivity contribution in [1.82, 2.24) is 5.32 Å². The second-order valence-electron chi connectivity index (χ2n) is 7.29. The maximum absolute atomic E-state index is 12.5. The molecular formula is C24H25NO5. The van der Waals surface area contributed by atoms with Crippen LogP contribution < -0.4 is 19.5 Å². The Morgan fingerprint density at radius 1 is 1.17 bits per heavy atom. The topological polar surface area (TPSA) is 69.9 Å². The summed E-state index contributed by atoms with van der Waals surface area (Å²) in [6, 6.07) is 9.57. The van der Waals surface area contributed by atoms with Crippen LogP contribution in [0.5, 0.6) is 17.2 Å². The Hall–Kier alpha value is -3.41. The molecule has 4 rings (SSSR count). The zero-order valence-corrected chi connectivity index (χ0v) is 17.6. The third kappa shape index (κ3) is 3.85. The predicted molar refractivity (Wildman–Crippen MR) is 115 cm³/mol. The number of hydrogen-bond donors (Lipinski definition) is 1. The monoisotopic (exact) mass is 407 g/mol. The smallest absolute Gasteiger partial charge is 0.244 e. The summed E-state index contributed by atoms with van der Waals surface area (Å²) in [4.78, 5) is 12.5. The number of ether oxygens (including phenoxy) is 3. The van der Waals surface area contributed by atoms with Gasteiger partial charge in [-0.2, -0.15) is 0 Å². The Morgan fingerprint density at radius 2 is 1.97 bits per heavy atom. The van der Waals surface area contributed by atoms with Gasteiger partial charge in [0.1, 0.15) is 17.1 Å². The van der Waals surface area contributed by atoms with Gasteiger partial charge in [0.05, 0.1) is 6.61 Å². The molecule has 0 unspecified atom stereocenters. The second kappa shape index (κ2) is 8.14. The molecule has 2 aromatic carbocycles. The number of fused-ring (bicyclic) bond motifs is 2. The summed E-state index contributed by atoms with van der Waals surface area (Å²) in [6.07, 6.45) is 1.60. The molecule has 156 valence electrons. The number of aryl methyl sites for hydroxylation is 2. The number of amides is 1. The summed E-state index contributed by atoms with van der Waals surface area (Å²) in [7, 11) is 0. The highest BCUT2D eigenvalue weighted by Crippen LogP contribution is 2.35. The lowest BCUT2D eigenvalue weighted by atomic mass is 10.0. The van der Waals surface area contributed by atoms with Crippen LogP contribution in [0.4, 0.5) is 0 Å². The summed E-state index contributed by atoms with van der Waals surface area (Å²) in [6.45, 7) is 8.98. The van der Waals surface area contributed by atoms with Crippen molar-refractivity contribution in [3.05, 3.63) is 58.9 Å². The summed E-state index contributed by atoms with van der Waals surface area (Å²) in [5.74, 6) is 2.84. The van der Waals surface area contributed by atoms with Crippen LogP contribution in [0.2, 0.25) is 0 Å². The molecule has 1 amide bonds. The van der Waals surface area contributed by atoms with Crippen molar-refractivity contribution >= 4 is 22.4 Å². The van der Waals surface area contributed by atoms with Gasteiger partial charge < -0.3 is 23.9 Å². The van der Waals surface area contributed by atoms with Gasteiger partial charge in [0, 0.05) is 29.6 Å². The highest BCUT2D eigenvalue weighted by atomic mass is 16.7. The van der Waals surface area contributed by atoms with Crippen molar-refractivity contribution in [2.75, 3.05) is 13.4 Å². The van der Waals surface area contributed by atoms with Crippen LogP contribution in [-0.2, 0) is 11.3 Å². The van der Waals surface area contributed by atoms with Crippen molar-refractivity contribution in [3.8, 4) is 17.2 Å². The number of rotatable bonds is 6. The molecule has 1 aliphatic rings. The molecule has 1 aromatic heterocycles. The second-order valence-corrected chi connectivity index (χ2v) is 7.29. The highest BCUT2D eigenvalue weighted by molar-refractivity contribution is 5.97. The Balaban J connectivity index is 1.54. The number of nitrogens with one attached hydrogen (secondary N) is 1. The molecule has 0 saturated carbocycles. The van der Waals surface area contributed by atoms with E-state index in [0.29, 0.717) is 24.7 Å². The normalized spacial score (nSPS) is 13.0. The number of hydrogen-bond acceptors (Lipinski definition) is 5. The van der Waals surface area contributed by atoms with E-state index in [9.17, 15) is 4.79 Å². The van der Waals surface area contributed by atoms with Crippen LogP contribution in [0.25, 0.3) is 16.5 Å². The van der Waals surface area contributed by atoms with Gasteiger partial charge in [-0.15, -0.1) is 0 Å². The van der Waals surface area contributed by atoms with E-state index < -0.39 is 0 Å². The summed E-state index contributed by atoms with van der Waals surface area (Å²) < 4.78 is 22.3. The van der Waals surface area contributed by atoms with E-state index in [2.05, 4.69) is 5.32 Å². The molecular weight excluding hydrogens is 382 g/mol. The van der Waals surface area contributed by atoms with Crippen LogP contribution in [0.15, 0.2) is 40.8 Å². The first-order valence-corrected chi connectivity index (χ1v) is 9.98. The number of furan rings is 1. The van der Waals surface area contributed by atoms with Gasteiger partial charge in [0.15, 0.2) is 11.5 Å². The van der Waals surface area contributed by atoms with Gasteiger partial charge in [0.25, 0.3) is 0 Å². The first-order chi connectivity index (χ1) is 14.5. The fourth-order valence-corrected chi connectivity index (χ4v) is 3.52. The van der Waals surface area contributed by atoms with Crippen molar-refractivity contribution in [3.63, 3.8) is 0 Å². The molecule has 0 aliphatic carbocycles. The van der Waals surface area contributed by atoms with E-state index in [1.54, 1.807) is 6.08 Å². The molecule has 0 radical (unpaired) electrons. The average molecular weight is 407 g/mol. The van der Waals surface area contributed by atoms with Crippen LogP contribution in [0.1, 0.15) is 36.3 Å². The largest absolute Gasteiger partial charge is 0.493 e. The fourth-order valence-electron chi connectivity index (χ4n) is 3.52. The predicted octanol–water partition coefficient (Wildman–Crippen LogP) is 4.90. The van der Waals surface area contributed by atoms with Crippen molar-refractivity contribution in [1.29, 1.82) is 0 Å². The Labute approximate surface area is 175 Å². The summed E-state index contributed by atoms with van der Waals surface area (Å²) in [5, 5.41) is 3.95. The van der Waals surface area contributed by atoms with Gasteiger partial charge in [-0.3, -0.25) is 4.79 Å². The fraction of sp³-hybridized carbons (Fsp3) is 0.292. The van der Waals surface area contributed by atoms with Crippen LogP contribution in [0, 0.1) is 13.8 Å². The van der Waals surface area contributed by atoms with Gasteiger partial charge in [0.2, 0.25) is 12.7 Å². The lowest BCUT2D eigenvalue weighted by Crippen LogP contribution is -2.20. The quantitative estimate of drug-likeness (QED) is 0.589. The van der Waals surface area contributed by atoms with Gasteiger partial charge >= 0.3 is 0 Å². The molecule has 0 fully saturated rings. The molecule has 0 saturated heterocycles. The molecule has 1 aliphatic heterocycles. The number of carbonyl (C=O) groups excluding carboxylic acids is 1. The van der Waals surface area contributed by atoms with E-state index in [1.807, 2.05) is 58.0 Å². The molecule has 0 bridgehead atoms. The molecule has 6 nitrogen and oxygen atoms in total. The van der Waals surface area contributed by atoms with Crippen molar-refractivity contribution in [2.24, 2.45) is 0 Å². The molecule has 0 spiro atoms. The van der Waals surface area contributed by atoms with Crippen LogP contribution in [-0.4, -0.2) is 19.3 Å². The van der Waals surface area contributed by atoms with Crippen LogP contribution in [0.3, 0.4) is 0 Å². The minimum Gasteiger partial charge on any atom is -0.493 e. The number of carbonyl (C=O) groups is 1. The van der Waals surface area contributed by atoms with E-state index >= 15 is 0 Å². The lowest BCUT2D eigenvalue weighted by molar-refractivity contribution is -0.116. The van der Waals surface area contributed by atoms with E-state index in [-0.39, 0.29) is 12.7 Å². The minimum absolute atomic E-state index is 0.173. The van der Waals surface area contributed by atoms with Gasteiger partial charge in [-0.25, -0.2) is 0 Å². The Kier molecular flexibility index (Phi) is 5.40. The van der Waals surface area contributed by atoms with Crippen LogP contribution >= 0.6 is 0 Å². The van der Waals surface area contributed by atoms with E-state index in [1.165, 1.54) is 0 Å². The number of allylic oxidation sites excluding steroid dienone is 1. The molecule has 3 aromatic rings. The maximum Gasteiger partial charge on any atom is 0.244 e. The summed E-state index contributed by atoms with van der Waals surface area (Å²) >= 11 is 0. The first kappa shape index (κ1) is 19.9. The van der Waals surface area contributed by atoms with E-state index in [4.69, 9.17) is 18.6 Å². The van der Waals surface area contributed by atoms with E-state index in [0.717, 1.165) is 44.7 Å². The average Bonchev–Trinajstić information content (AvgIpc) is 3.30. The third-order valence-electron chi connectivity index (χ3n) is 5.25. The zero-order chi connectivity index (χ0) is 21.3. The SMILES string of the molecule is CCOc1cc2oc(C)c(C)c2cc1/C(C)=C/C(=O)NCc1ccc2c(c1)OCO2. The Morgan fingerprint density at radius 3 is 2.77 bits per heavy atom. The van der Waals surface area contributed by atoms with Crippen molar-refractivity contribution in [2.45, 2.75) is 34.2 Å². The lowest BCUT2D eigenvalue weighted by Gasteiger charge is -2.11. The molecule has 30 heavy (non-hydrogen) atoms. The van der Waals surface area contributed by atoms with Gasteiger partial charge in [-0.1, -0.05) is 6.07 Å². The highest BCUT2D eigenvalue weighted by Gasteiger charge is 2.15. The third-order valence-corrected chi connectivity index (χ3v) is 5.25. The number of benzene rings is 2. The van der Waals surface area contributed by atoms with Gasteiger partial charge in [-0.05, 0) is 62.6 Å². The summed E-state index contributed by atoms with van der Waals surface area (Å²) in [5.41, 5.74) is 4.53. The zero-order valence-electron chi connectivity index (χ0n) is 17.6. The van der Waals surface area contributed by atoms with Crippen molar-refractivity contribution < 1.29 is 23.4 Å². The minimum atomic E-state index is -0.173. The standard InChI is InChI=1S/C24H25NO5/c1-5-27-21-11-22-19(15(3)16(4)30-22)10-18(21)14(2)8-24(26)25-12-17-6-7-20-23(9-17)29-13-28-20/h6-11H,5,12-13H2,1-4H3,(H,25,26)/b14-8+. The molecule has 0 atom stereocenters. The molecule has 1 N–H and O–H groups in total. The first-order valence-electron chi connectivity index (χ1n) is 9.98. The maximum atomic E-state index is 12.5.